The van der Waals surface area contributed by atoms with Crippen molar-refractivity contribution in [3.05, 3.63) is 41.2 Å². The van der Waals surface area contributed by atoms with Crippen molar-refractivity contribution in [3.63, 3.8) is 0 Å². The molecule has 1 aromatic carbocycles. The van der Waals surface area contributed by atoms with Crippen molar-refractivity contribution in [3.8, 4) is 12.1 Å². The minimum Gasteiger partial charge on any atom is -0.465 e. The Morgan fingerprint density at radius 1 is 1.18 bits per heavy atom. The van der Waals surface area contributed by atoms with Crippen LogP contribution in [0.3, 0.4) is 0 Å². The van der Waals surface area contributed by atoms with E-state index in [1.807, 2.05) is 18.0 Å². The van der Waals surface area contributed by atoms with Gasteiger partial charge in [0.15, 0.2) is 12.0 Å². The van der Waals surface area contributed by atoms with Gasteiger partial charge in [-0.2, -0.15) is 33.5 Å². The molecule has 0 bridgehead atoms. The second-order valence-corrected chi connectivity index (χ2v) is 13.1. The zero-order valence-electron chi connectivity index (χ0n) is 27.4. The lowest BCUT2D eigenvalue weighted by molar-refractivity contribution is -0.138. The molecule has 3 aliphatic rings. The van der Waals surface area contributed by atoms with Crippen LogP contribution in [-0.4, -0.2) is 109 Å². The summed E-state index contributed by atoms with van der Waals surface area (Å²) in [7, 11) is 2.00. The first kappa shape index (κ1) is 33.8. The van der Waals surface area contributed by atoms with Crippen molar-refractivity contribution in [2.45, 2.75) is 69.1 Å². The monoisotopic (exact) mass is 697 g/mol. The number of piperazine rings is 1. The number of nitrogens with zero attached hydrogens (tertiary/aromatic N) is 8. The summed E-state index contributed by atoms with van der Waals surface area (Å²) in [5.41, 5.74) is -0.409. The molecule has 0 radical (unpaired) electrons. The van der Waals surface area contributed by atoms with Crippen molar-refractivity contribution in [2.75, 3.05) is 51.3 Å². The molecule has 4 atom stereocenters. The van der Waals surface area contributed by atoms with Gasteiger partial charge in [-0.25, -0.2) is 9.48 Å². The highest BCUT2D eigenvalue weighted by molar-refractivity contribution is 5.91. The van der Waals surface area contributed by atoms with Gasteiger partial charge in [0.2, 0.25) is 0 Å². The number of likely N-dealkylation sites (N-methyl/N-ethyl adjacent to an activating group) is 1. The molecule has 17 heteroatoms. The number of fused-ring (bicyclic) bond motifs is 2. The maximum absolute atomic E-state index is 14.6. The van der Waals surface area contributed by atoms with Gasteiger partial charge >= 0.3 is 18.3 Å². The summed E-state index contributed by atoms with van der Waals surface area (Å²) in [6.07, 6.45) is -1.09. The van der Waals surface area contributed by atoms with E-state index in [9.17, 15) is 33.4 Å². The Morgan fingerprint density at radius 2 is 2.02 bits per heavy atom. The number of nitriles is 1. The third-order valence-corrected chi connectivity index (χ3v) is 10.1. The summed E-state index contributed by atoms with van der Waals surface area (Å²) >= 11 is 0. The van der Waals surface area contributed by atoms with Crippen LogP contribution in [0.15, 0.2) is 24.5 Å². The van der Waals surface area contributed by atoms with E-state index in [0.29, 0.717) is 29.9 Å². The van der Waals surface area contributed by atoms with Crippen LogP contribution in [-0.2, 0) is 10.9 Å². The fourth-order valence-corrected chi connectivity index (χ4v) is 7.42. The van der Waals surface area contributed by atoms with Gasteiger partial charge in [0.25, 0.3) is 0 Å². The van der Waals surface area contributed by atoms with Crippen LogP contribution in [0.5, 0.6) is 6.01 Å². The number of rotatable bonds is 8. The average Bonchev–Trinajstić information content (AvgIpc) is 3.84. The number of H-pyrrole nitrogens is 1. The van der Waals surface area contributed by atoms with Gasteiger partial charge in [-0.15, -0.1) is 0 Å². The third kappa shape index (κ3) is 6.27. The Bertz CT molecular complexity index is 1920. The third-order valence-electron chi connectivity index (χ3n) is 10.1. The lowest BCUT2D eigenvalue weighted by Crippen LogP contribution is -2.55. The number of amides is 1. The largest absolute Gasteiger partial charge is 0.465 e. The molecule has 0 saturated carbocycles. The van der Waals surface area contributed by atoms with E-state index in [-0.39, 0.29) is 66.7 Å². The fraction of sp³-hybridized carbons (Fsp3) is 0.545. The van der Waals surface area contributed by atoms with Crippen molar-refractivity contribution >= 4 is 33.8 Å². The molecule has 0 aliphatic carbocycles. The van der Waals surface area contributed by atoms with Gasteiger partial charge in [0.05, 0.1) is 35.8 Å². The van der Waals surface area contributed by atoms with Gasteiger partial charge in [0.1, 0.15) is 23.7 Å². The van der Waals surface area contributed by atoms with E-state index in [1.165, 1.54) is 23.4 Å². The second kappa shape index (κ2) is 13.6. The van der Waals surface area contributed by atoms with Crippen molar-refractivity contribution in [2.24, 2.45) is 0 Å². The smallest absolute Gasteiger partial charge is 0.416 e. The van der Waals surface area contributed by atoms with Crippen LogP contribution in [0.25, 0.3) is 21.9 Å². The van der Waals surface area contributed by atoms with Gasteiger partial charge in [-0.3, -0.25) is 0 Å². The van der Waals surface area contributed by atoms with Crippen LogP contribution in [0.2, 0.25) is 0 Å². The number of aromatic amines is 1. The summed E-state index contributed by atoms with van der Waals surface area (Å²) in [5, 5.41) is 35.7. The van der Waals surface area contributed by atoms with E-state index in [1.54, 1.807) is 4.68 Å². The molecule has 3 saturated heterocycles. The molecule has 3 unspecified atom stereocenters. The number of aromatic nitrogens is 5. The van der Waals surface area contributed by atoms with Gasteiger partial charge < -0.3 is 39.4 Å². The fourth-order valence-electron chi connectivity index (χ4n) is 7.42. The van der Waals surface area contributed by atoms with E-state index < -0.39 is 36.2 Å². The first-order chi connectivity index (χ1) is 24.0. The predicted octanol–water partition coefficient (Wildman–Crippen LogP) is 4.66. The van der Waals surface area contributed by atoms with Crippen LogP contribution in [0.4, 0.5) is 23.8 Å². The number of carboxylic acid groups (broad SMARTS) is 1. The van der Waals surface area contributed by atoms with Gasteiger partial charge in [0, 0.05) is 55.0 Å². The molecule has 7 rings (SSSR count). The molecular weight excluding hydrogens is 659 g/mol. The Morgan fingerprint density at radius 3 is 2.72 bits per heavy atom. The minimum atomic E-state index is -4.79. The number of likely N-dealkylation sites (tertiary alicyclic amines) is 1. The molecule has 14 nitrogen and oxygen atoms in total. The van der Waals surface area contributed by atoms with E-state index >= 15 is 0 Å². The zero-order valence-corrected chi connectivity index (χ0v) is 27.4. The number of aliphatic hydroxyl groups excluding tert-OH is 1. The van der Waals surface area contributed by atoms with Crippen molar-refractivity contribution in [1.82, 2.24) is 34.5 Å². The van der Waals surface area contributed by atoms with E-state index in [0.717, 1.165) is 38.3 Å². The highest BCUT2D eigenvalue weighted by Crippen LogP contribution is 2.43. The van der Waals surface area contributed by atoms with Crippen LogP contribution >= 0.6 is 0 Å². The van der Waals surface area contributed by atoms with Crippen LogP contribution in [0.1, 0.15) is 67.5 Å². The number of ether oxygens (including phenoxy) is 2. The topological polar surface area (TPSA) is 169 Å². The lowest BCUT2D eigenvalue weighted by Gasteiger charge is -2.39. The van der Waals surface area contributed by atoms with Crippen LogP contribution < -0.4 is 9.64 Å². The SMILES string of the molecule is CN1CCCC1COc1nc(N2CCN(C(=O)O)[C@@H](CC#N)C2)c2[nH]cc(C(O)c3c(C(F)(F)F)ccc4c3cnn4C3CCCCO3)c2n1. The summed E-state index contributed by atoms with van der Waals surface area (Å²) in [4.78, 5) is 29.5. The lowest BCUT2D eigenvalue weighted by atomic mass is 9.94. The maximum atomic E-state index is 14.6. The Kier molecular flexibility index (Phi) is 9.18. The number of carbonyl (C=O) groups is 1. The Labute approximate surface area is 285 Å². The van der Waals surface area contributed by atoms with Crippen molar-refractivity contribution < 1.29 is 37.7 Å². The Balaban J connectivity index is 1.33. The normalized spacial score (nSPS) is 22.7. The molecule has 3 fully saturated rings. The van der Waals surface area contributed by atoms with Crippen LogP contribution in [0, 0.1) is 11.3 Å². The number of nitrogens with one attached hydrogen (secondary N) is 1. The van der Waals surface area contributed by atoms with Gasteiger partial charge in [-0.1, -0.05) is 0 Å². The average molecular weight is 698 g/mol. The molecule has 3 N–H and O–H groups in total. The molecule has 4 aromatic rings. The number of alkyl halides is 3. The first-order valence-electron chi connectivity index (χ1n) is 16.8. The molecule has 1 amide bonds. The molecule has 3 aromatic heterocycles. The number of halogens is 3. The predicted molar refractivity (Wildman–Crippen MR) is 174 cm³/mol. The first-order valence-corrected chi connectivity index (χ1v) is 16.8. The van der Waals surface area contributed by atoms with E-state index in [4.69, 9.17) is 9.47 Å². The highest BCUT2D eigenvalue weighted by atomic mass is 19.4. The minimum absolute atomic E-state index is 0.0325. The van der Waals surface area contributed by atoms with Gasteiger partial charge in [-0.05, 0) is 57.8 Å². The standard InChI is InChI=1S/C33H38F3N9O5/c1-42-11-4-5-20(42)18-50-31-40-27-22(15-38-28(27)30(41-31)43-12-13-44(32(47)48)19(17-43)9-10-37)29(46)26-21-16-39-45(25-6-2-3-14-49-25)24(21)8-7-23(26)33(34,35)36/h7-8,15-16,19-20,25,29,38,46H,2-6,9,11-14,17-18H2,1H3,(H,47,48)/t19-,20?,25?,29?/m0/s1. The second-order valence-electron chi connectivity index (χ2n) is 13.1. The molecule has 0 spiro atoms. The maximum Gasteiger partial charge on any atom is 0.416 e. The summed E-state index contributed by atoms with van der Waals surface area (Å²) in [6, 6.07) is 3.80. The number of hydrogen-bond acceptors (Lipinski definition) is 10. The molecular formula is C33H38F3N9O5. The number of aliphatic hydroxyl groups is 1. The van der Waals surface area contributed by atoms with E-state index in [2.05, 4.69) is 25.0 Å². The zero-order chi connectivity index (χ0) is 35.2. The Hall–Kier alpha value is -4.66. The quantitative estimate of drug-likeness (QED) is 0.234. The highest BCUT2D eigenvalue weighted by Gasteiger charge is 2.39. The molecule has 3 aliphatic heterocycles. The van der Waals surface area contributed by atoms with Crippen molar-refractivity contribution in [1.29, 1.82) is 5.26 Å². The molecule has 266 valence electrons. The number of anilines is 1. The number of benzene rings is 1. The molecule has 50 heavy (non-hydrogen) atoms. The number of hydrogen-bond donors (Lipinski definition) is 3. The summed E-state index contributed by atoms with van der Waals surface area (Å²) in [5.74, 6) is 0.327. The summed E-state index contributed by atoms with van der Waals surface area (Å²) < 4.78 is 57.3. The molecule has 6 heterocycles. The summed E-state index contributed by atoms with van der Waals surface area (Å²) in [6.45, 7) is 2.16.